The van der Waals surface area contributed by atoms with Gasteiger partial charge < -0.3 is 10.2 Å². The van der Waals surface area contributed by atoms with Crippen molar-refractivity contribution in [1.82, 2.24) is 4.98 Å². The van der Waals surface area contributed by atoms with Gasteiger partial charge in [-0.25, -0.2) is 9.37 Å². The quantitative estimate of drug-likeness (QED) is 0.615. The van der Waals surface area contributed by atoms with Crippen LogP contribution in [0.15, 0.2) is 43.7 Å². The largest absolute Gasteiger partial charge is 0.434 e. The molecule has 2 N–H and O–H groups in total. The number of rotatable bonds is 1. The molecule has 0 aliphatic carbocycles. The van der Waals surface area contributed by atoms with Gasteiger partial charge in [-0.15, -0.1) is 0 Å². The molecular formula is C13H7Br2FN2O. The fraction of sp³-hybridized carbons (Fsp3) is 0. The van der Waals surface area contributed by atoms with Gasteiger partial charge in [0.2, 0.25) is 5.89 Å². The second-order valence-corrected chi connectivity index (χ2v) is 5.85. The zero-order valence-electron chi connectivity index (χ0n) is 9.45. The number of fused-ring (bicyclic) bond motifs is 1. The molecule has 0 fully saturated rings. The molecule has 0 radical (unpaired) electrons. The van der Waals surface area contributed by atoms with Crippen molar-refractivity contribution in [2.45, 2.75) is 0 Å². The summed E-state index contributed by atoms with van der Waals surface area (Å²) in [6, 6.07) is 8.00. The maximum atomic E-state index is 13.4. The number of anilines is 1. The highest BCUT2D eigenvalue weighted by Gasteiger charge is 2.12. The lowest BCUT2D eigenvalue weighted by molar-refractivity contribution is 0.611. The van der Waals surface area contributed by atoms with E-state index in [0.717, 1.165) is 4.47 Å². The number of oxazole rings is 1. The van der Waals surface area contributed by atoms with Gasteiger partial charge in [-0.05, 0) is 30.3 Å². The van der Waals surface area contributed by atoms with Gasteiger partial charge in [-0.3, -0.25) is 0 Å². The maximum absolute atomic E-state index is 13.4. The molecule has 0 atom stereocenters. The van der Waals surface area contributed by atoms with Gasteiger partial charge in [-0.1, -0.05) is 31.9 Å². The van der Waals surface area contributed by atoms with Gasteiger partial charge in [0.25, 0.3) is 0 Å². The number of hydrogen-bond donors (Lipinski definition) is 1. The number of benzene rings is 2. The number of halogens is 3. The van der Waals surface area contributed by atoms with E-state index in [2.05, 4.69) is 36.8 Å². The fourth-order valence-corrected chi connectivity index (χ4v) is 2.75. The van der Waals surface area contributed by atoms with E-state index in [1.165, 1.54) is 12.1 Å². The number of nitrogen functional groups attached to an aromatic ring is 1. The number of hydrogen-bond acceptors (Lipinski definition) is 3. The lowest BCUT2D eigenvalue weighted by Crippen LogP contribution is -1.84. The molecule has 0 saturated carbocycles. The van der Waals surface area contributed by atoms with E-state index < -0.39 is 0 Å². The van der Waals surface area contributed by atoms with Crippen LogP contribution in [-0.4, -0.2) is 4.98 Å². The molecule has 0 saturated heterocycles. The summed E-state index contributed by atoms with van der Waals surface area (Å²) in [7, 11) is 0. The minimum atomic E-state index is -0.360. The minimum Gasteiger partial charge on any atom is -0.434 e. The van der Waals surface area contributed by atoms with E-state index in [-0.39, 0.29) is 5.82 Å². The Labute approximate surface area is 124 Å². The Bertz CT molecular complexity index is 765. The van der Waals surface area contributed by atoms with Gasteiger partial charge in [0.1, 0.15) is 11.3 Å². The van der Waals surface area contributed by atoms with Crippen molar-refractivity contribution >= 4 is 48.6 Å². The molecule has 1 aromatic heterocycles. The number of nitrogens with zero attached hydrogens (tertiary/aromatic N) is 1. The molecule has 2 aromatic carbocycles. The van der Waals surface area contributed by atoms with Crippen LogP contribution in [0.2, 0.25) is 0 Å². The lowest BCUT2D eigenvalue weighted by Gasteiger charge is -1.97. The summed E-state index contributed by atoms with van der Waals surface area (Å²) in [4.78, 5) is 4.32. The van der Waals surface area contributed by atoms with Crippen LogP contribution in [0.1, 0.15) is 0 Å². The summed E-state index contributed by atoms with van der Waals surface area (Å²) in [6.07, 6.45) is 0. The van der Waals surface area contributed by atoms with E-state index in [0.29, 0.717) is 32.7 Å². The number of nitrogens with two attached hydrogens (primary N) is 1. The van der Waals surface area contributed by atoms with Crippen LogP contribution in [0.25, 0.3) is 22.6 Å². The molecule has 0 aliphatic heterocycles. The van der Waals surface area contributed by atoms with Crippen LogP contribution in [0, 0.1) is 5.82 Å². The minimum absolute atomic E-state index is 0.333. The maximum Gasteiger partial charge on any atom is 0.227 e. The van der Waals surface area contributed by atoms with Crippen molar-refractivity contribution in [3.63, 3.8) is 0 Å². The predicted molar refractivity (Wildman–Crippen MR) is 79.2 cm³/mol. The van der Waals surface area contributed by atoms with Crippen LogP contribution in [0.3, 0.4) is 0 Å². The first-order valence-electron chi connectivity index (χ1n) is 5.35. The molecule has 3 rings (SSSR count). The first-order valence-corrected chi connectivity index (χ1v) is 6.93. The summed E-state index contributed by atoms with van der Waals surface area (Å²) in [5.41, 5.74) is 8.03. The monoisotopic (exact) mass is 384 g/mol. The Balaban J connectivity index is 2.23. The Morgan fingerprint density at radius 1 is 1.05 bits per heavy atom. The van der Waals surface area contributed by atoms with Crippen LogP contribution in [0.5, 0.6) is 0 Å². The van der Waals surface area contributed by atoms with Crippen molar-refractivity contribution in [3.8, 4) is 11.5 Å². The lowest BCUT2D eigenvalue weighted by atomic mass is 10.2. The Kier molecular flexibility index (Phi) is 3.06. The van der Waals surface area contributed by atoms with Crippen molar-refractivity contribution in [2.24, 2.45) is 0 Å². The summed E-state index contributed by atoms with van der Waals surface area (Å²) in [6.45, 7) is 0. The van der Waals surface area contributed by atoms with Crippen molar-refractivity contribution in [1.29, 1.82) is 0 Å². The zero-order chi connectivity index (χ0) is 13.6. The zero-order valence-corrected chi connectivity index (χ0v) is 12.6. The van der Waals surface area contributed by atoms with Crippen LogP contribution in [0.4, 0.5) is 10.1 Å². The summed E-state index contributed by atoms with van der Waals surface area (Å²) >= 11 is 6.58. The molecule has 3 aromatic rings. The van der Waals surface area contributed by atoms with Crippen molar-refractivity contribution < 1.29 is 8.81 Å². The third kappa shape index (κ3) is 2.37. The van der Waals surface area contributed by atoms with E-state index >= 15 is 0 Å². The molecule has 3 nitrogen and oxygen atoms in total. The average Bonchev–Trinajstić information content (AvgIpc) is 2.71. The molecule has 6 heteroatoms. The number of aromatic nitrogens is 1. The average molecular weight is 386 g/mol. The van der Waals surface area contributed by atoms with Crippen molar-refractivity contribution in [3.05, 3.63) is 45.1 Å². The van der Waals surface area contributed by atoms with E-state index in [4.69, 9.17) is 10.2 Å². The van der Waals surface area contributed by atoms with Crippen LogP contribution in [-0.2, 0) is 0 Å². The molecule has 96 valence electrons. The molecule has 0 spiro atoms. The first-order chi connectivity index (χ1) is 9.02. The topological polar surface area (TPSA) is 52.0 Å². The molecular weight excluding hydrogens is 379 g/mol. The summed E-state index contributed by atoms with van der Waals surface area (Å²) in [5, 5.41) is 0. The highest BCUT2D eigenvalue weighted by Crippen LogP contribution is 2.31. The summed E-state index contributed by atoms with van der Waals surface area (Å²) in [5.74, 6) is -0.0271. The Morgan fingerprint density at radius 2 is 1.79 bits per heavy atom. The molecule has 0 aliphatic rings. The smallest absolute Gasteiger partial charge is 0.227 e. The van der Waals surface area contributed by atoms with Crippen LogP contribution < -0.4 is 5.73 Å². The van der Waals surface area contributed by atoms with Gasteiger partial charge in [0, 0.05) is 14.5 Å². The van der Waals surface area contributed by atoms with Crippen molar-refractivity contribution in [2.75, 3.05) is 5.73 Å². The second-order valence-electron chi connectivity index (χ2n) is 4.02. The summed E-state index contributed by atoms with van der Waals surface area (Å²) < 4.78 is 20.4. The molecule has 19 heavy (non-hydrogen) atoms. The SMILES string of the molecule is Nc1cc(Br)cc2nc(-c3cc(F)cc(Br)c3)oc12. The van der Waals surface area contributed by atoms with E-state index in [1.54, 1.807) is 18.2 Å². The first kappa shape index (κ1) is 12.6. The van der Waals surface area contributed by atoms with E-state index in [9.17, 15) is 4.39 Å². The Morgan fingerprint density at radius 3 is 2.53 bits per heavy atom. The fourth-order valence-electron chi connectivity index (χ4n) is 1.82. The molecule has 1 heterocycles. The van der Waals surface area contributed by atoms with Gasteiger partial charge in [0.15, 0.2) is 5.58 Å². The highest BCUT2D eigenvalue weighted by molar-refractivity contribution is 9.10. The predicted octanol–water partition coefficient (Wildman–Crippen LogP) is 4.74. The molecule has 0 amide bonds. The third-order valence-corrected chi connectivity index (χ3v) is 3.51. The van der Waals surface area contributed by atoms with Gasteiger partial charge >= 0.3 is 0 Å². The van der Waals surface area contributed by atoms with Gasteiger partial charge in [0.05, 0.1) is 5.69 Å². The molecule has 0 unspecified atom stereocenters. The third-order valence-electron chi connectivity index (χ3n) is 2.59. The van der Waals surface area contributed by atoms with Gasteiger partial charge in [-0.2, -0.15) is 0 Å². The normalized spacial score (nSPS) is 11.1. The molecule has 0 bridgehead atoms. The second kappa shape index (κ2) is 4.61. The Hall–Kier alpha value is -1.40. The highest BCUT2D eigenvalue weighted by atomic mass is 79.9. The standard InChI is InChI=1S/C13H7Br2FN2O/c14-7-1-6(2-9(16)3-7)13-18-11-5-8(15)4-10(17)12(11)19-13/h1-5H,17H2. The van der Waals surface area contributed by atoms with E-state index in [1.807, 2.05) is 0 Å². The van der Waals surface area contributed by atoms with Crippen LogP contribution >= 0.6 is 31.9 Å².